The van der Waals surface area contributed by atoms with Crippen LogP contribution in [0.15, 0.2) is 0 Å². The maximum absolute atomic E-state index is 2.40. The van der Waals surface area contributed by atoms with Crippen molar-refractivity contribution in [2.75, 3.05) is 0 Å². The van der Waals surface area contributed by atoms with Gasteiger partial charge in [0.2, 0.25) is 0 Å². The van der Waals surface area contributed by atoms with E-state index in [4.69, 9.17) is 0 Å². The highest BCUT2D eigenvalue weighted by atomic mass is 14.4. The molecule has 0 atom stereocenters. The first-order chi connectivity index (χ1) is 21.1. The van der Waals surface area contributed by atoms with Crippen molar-refractivity contribution in [3.63, 3.8) is 0 Å². The third-order valence-electron chi connectivity index (χ3n) is 13.4. The molecule has 7 rings (SSSR count). The predicted molar refractivity (Wildman–Crippen MR) is 200 cm³/mol. The van der Waals surface area contributed by atoms with Crippen LogP contribution in [-0.2, 0) is 6.42 Å². The van der Waals surface area contributed by atoms with E-state index in [1.54, 1.807) is 11.1 Å². The molecule has 230 valence electrons. The summed E-state index contributed by atoms with van der Waals surface area (Å²) in [5.74, 6) is 0. The molecular formula is C45H50. The molecular weight excluding hydrogens is 540 g/mol. The van der Waals surface area contributed by atoms with Gasteiger partial charge in [0.1, 0.15) is 0 Å². The lowest BCUT2D eigenvalue weighted by atomic mass is 9.79. The van der Waals surface area contributed by atoms with Gasteiger partial charge in [-0.15, -0.1) is 0 Å². The van der Waals surface area contributed by atoms with Crippen molar-refractivity contribution >= 4 is 43.1 Å². The lowest BCUT2D eigenvalue weighted by Gasteiger charge is -2.25. The molecule has 1 aliphatic carbocycles. The molecule has 0 N–H and O–H groups in total. The largest absolute Gasteiger partial charge is 0.0444 e. The van der Waals surface area contributed by atoms with Crippen molar-refractivity contribution in [1.29, 1.82) is 0 Å². The van der Waals surface area contributed by atoms with Gasteiger partial charge in [0, 0.05) is 0 Å². The van der Waals surface area contributed by atoms with Gasteiger partial charge in [0.25, 0.3) is 0 Å². The minimum absolute atomic E-state index is 0.992. The summed E-state index contributed by atoms with van der Waals surface area (Å²) >= 11 is 0. The van der Waals surface area contributed by atoms with E-state index in [-0.39, 0.29) is 0 Å². The van der Waals surface area contributed by atoms with Crippen LogP contribution in [-0.4, -0.2) is 0 Å². The van der Waals surface area contributed by atoms with Crippen molar-refractivity contribution in [2.45, 2.75) is 117 Å². The lowest BCUT2D eigenvalue weighted by molar-refractivity contribution is 1.23. The molecule has 0 heterocycles. The number of fused-ring (bicyclic) bond motifs is 11. The smallest absolute Gasteiger partial charge is 0.0000449 e. The third-order valence-corrected chi connectivity index (χ3v) is 13.4. The van der Waals surface area contributed by atoms with Crippen molar-refractivity contribution in [2.24, 2.45) is 0 Å². The summed E-state index contributed by atoms with van der Waals surface area (Å²) < 4.78 is 0. The second-order valence-electron chi connectivity index (χ2n) is 14.9. The molecule has 0 unspecified atom stereocenters. The monoisotopic (exact) mass is 590 g/mol. The van der Waals surface area contributed by atoms with Gasteiger partial charge in [-0.05, 0) is 272 Å². The fourth-order valence-electron chi connectivity index (χ4n) is 9.76. The van der Waals surface area contributed by atoms with Crippen molar-refractivity contribution in [3.8, 4) is 11.1 Å². The molecule has 0 bridgehead atoms. The third kappa shape index (κ3) is 3.39. The average Bonchev–Trinajstić information content (AvgIpc) is 3.41. The van der Waals surface area contributed by atoms with Crippen LogP contribution in [0.1, 0.15) is 100 Å². The van der Waals surface area contributed by atoms with E-state index in [9.17, 15) is 0 Å². The summed E-state index contributed by atoms with van der Waals surface area (Å²) in [5, 5.41) is 12.0. The Hall–Kier alpha value is -3.64. The molecule has 6 aromatic rings. The average molecular weight is 591 g/mol. The van der Waals surface area contributed by atoms with Gasteiger partial charge in [0.05, 0.1) is 0 Å². The van der Waals surface area contributed by atoms with Crippen molar-refractivity contribution in [3.05, 3.63) is 100 Å². The van der Waals surface area contributed by atoms with Gasteiger partial charge >= 0.3 is 0 Å². The predicted octanol–water partition coefficient (Wildman–Crippen LogP) is 12.8. The Bertz CT molecular complexity index is 2250. The van der Waals surface area contributed by atoms with E-state index in [1.165, 1.54) is 143 Å². The van der Waals surface area contributed by atoms with E-state index in [2.05, 4.69) is 111 Å². The fourth-order valence-corrected chi connectivity index (χ4v) is 9.76. The Labute approximate surface area is 270 Å². The summed E-state index contributed by atoms with van der Waals surface area (Å²) in [5.41, 5.74) is 29.4. The number of benzene rings is 6. The molecule has 1 aliphatic rings. The number of hydrogen-bond donors (Lipinski definition) is 0. The minimum atomic E-state index is 0.992. The minimum Gasteiger partial charge on any atom is -0.0444 e. The second kappa shape index (κ2) is 9.45. The highest BCUT2D eigenvalue weighted by molar-refractivity contribution is 6.22. The fraction of sp³-hybridized carbons (Fsp3) is 0.378. The summed E-state index contributed by atoms with van der Waals surface area (Å²) in [6.07, 6.45) is 0.992. The maximum atomic E-state index is 2.40. The van der Waals surface area contributed by atoms with Gasteiger partial charge in [-0.2, -0.15) is 0 Å². The van der Waals surface area contributed by atoms with Crippen LogP contribution in [0.5, 0.6) is 0 Å². The zero-order valence-corrected chi connectivity index (χ0v) is 30.7. The molecule has 0 radical (unpaired) electrons. The molecule has 45 heavy (non-hydrogen) atoms. The molecule has 0 amide bonds. The summed E-state index contributed by atoms with van der Waals surface area (Å²) in [6.45, 7) is 37.8. The van der Waals surface area contributed by atoms with E-state index >= 15 is 0 Å². The Morgan fingerprint density at radius 3 is 0.689 bits per heavy atom. The van der Waals surface area contributed by atoms with Crippen molar-refractivity contribution in [1.82, 2.24) is 0 Å². The van der Waals surface area contributed by atoms with Crippen LogP contribution in [0.25, 0.3) is 54.2 Å². The van der Waals surface area contributed by atoms with Crippen molar-refractivity contribution < 1.29 is 0 Å². The summed E-state index contributed by atoms with van der Waals surface area (Å²) in [4.78, 5) is 0. The Balaban J connectivity index is 1.80. The van der Waals surface area contributed by atoms with Gasteiger partial charge < -0.3 is 0 Å². The van der Waals surface area contributed by atoms with Gasteiger partial charge in [0.15, 0.2) is 0 Å². The van der Waals surface area contributed by atoms with Crippen LogP contribution in [0, 0.1) is 111 Å². The first-order valence-corrected chi connectivity index (χ1v) is 17.0. The summed E-state index contributed by atoms with van der Waals surface area (Å²) in [6, 6.07) is 0. The molecule has 0 saturated heterocycles. The molecule has 6 aromatic carbocycles. The zero-order valence-electron chi connectivity index (χ0n) is 30.7. The summed E-state index contributed by atoms with van der Waals surface area (Å²) in [7, 11) is 0. The van der Waals surface area contributed by atoms with Gasteiger partial charge in [-0.25, -0.2) is 0 Å². The number of hydrogen-bond acceptors (Lipinski definition) is 0. The molecule has 0 spiro atoms. The second-order valence-corrected chi connectivity index (χ2v) is 14.9. The van der Waals surface area contributed by atoms with Crippen LogP contribution in [0.3, 0.4) is 0 Å². The molecule has 0 saturated carbocycles. The normalized spacial score (nSPS) is 12.8. The Kier molecular flexibility index (Phi) is 6.31. The standard InChI is InChI=1S/C45H50/c1-18-20(3)24(7)42-36(22(18)5)26(9)28(11)38-30(13)32(15)40-34(44(38)42)17-35-41(40)33(16)31(14)39-29(12)27(10)37-23(6)19(2)21(4)25(8)43(37)45(35)39/h17H2,1-16H3. The highest BCUT2D eigenvalue weighted by Gasteiger charge is 2.33. The Morgan fingerprint density at radius 2 is 0.400 bits per heavy atom. The number of aryl methyl sites for hydroxylation is 10. The first-order valence-electron chi connectivity index (χ1n) is 17.0. The van der Waals surface area contributed by atoms with E-state index in [0.29, 0.717) is 0 Å². The molecule has 0 heteroatoms. The van der Waals surface area contributed by atoms with E-state index in [0.717, 1.165) is 6.42 Å². The first kappa shape index (κ1) is 30.0. The van der Waals surface area contributed by atoms with Crippen LogP contribution in [0.4, 0.5) is 0 Å². The molecule has 0 aromatic heterocycles. The lowest BCUT2D eigenvalue weighted by Crippen LogP contribution is -2.03. The number of rotatable bonds is 0. The molecule has 0 fully saturated rings. The van der Waals surface area contributed by atoms with Crippen LogP contribution in [0.2, 0.25) is 0 Å². The highest BCUT2D eigenvalue weighted by Crippen LogP contribution is 2.54. The van der Waals surface area contributed by atoms with E-state index < -0.39 is 0 Å². The molecule has 0 nitrogen and oxygen atoms in total. The van der Waals surface area contributed by atoms with Crippen LogP contribution >= 0.6 is 0 Å². The zero-order chi connectivity index (χ0) is 32.9. The molecule has 0 aliphatic heterocycles. The van der Waals surface area contributed by atoms with Crippen LogP contribution < -0.4 is 0 Å². The topological polar surface area (TPSA) is 0 Å². The quantitative estimate of drug-likeness (QED) is 0.154. The van der Waals surface area contributed by atoms with Gasteiger partial charge in [-0.1, -0.05) is 0 Å². The van der Waals surface area contributed by atoms with E-state index in [1.807, 2.05) is 0 Å². The Morgan fingerprint density at radius 1 is 0.200 bits per heavy atom. The maximum Gasteiger partial charge on any atom is -0.0000449 e. The SMILES string of the molecule is Cc1c(C)c(C)c2c(c1C)c(C)c(C)c1c(C)c(C)c3c(c12)Cc1c-3c(C)c(C)c2c(C)c(C)c3c(C)c(C)c(C)c(C)c3c12. The van der Waals surface area contributed by atoms with Gasteiger partial charge in [-0.3, -0.25) is 0 Å².